The van der Waals surface area contributed by atoms with Crippen LogP contribution in [0.25, 0.3) is 10.9 Å². The highest BCUT2D eigenvalue weighted by atomic mass is 32.2. The molecule has 1 N–H and O–H groups in total. The molecular weight excluding hydrogens is 350 g/mol. The third-order valence-corrected chi connectivity index (χ3v) is 4.85. The zero-order valence-electron chi connectivity index (χ0n) is 14.2. The van der Waals surface area contributed by atoms with Gasteiger partial charge in [0, 0.05) is 6.42 Å². The van der Waals surface area contributed by atoms with Crippen LogP contribution in [0.3, 0.4) is 0 Å². The maximum absolute atomic E-state index is 13.0. The monoisotopic (exact) mass is 367 g/mol. The minimum absolute atomic E-state index is 0.0770. The van der Waals surface area contributed by atoms with Crippen LogP contribution in [-0.2, 0) is 18.7 Å². The van der Waals surface area contributed by atoms with E-state index in [4.69, 9.17) is 9.40 Å². The van der Waals surface area contributed by atoms with Gasteiger partial charge in [-0.05, 0) is 24.3 Å². The van der Waals surface area contributed by atoms with Crippen LogP contribution in [0.4, 0.5) is 0 Å². The van der Waals surface area contributed by atoms with Gasteiger partial charge < -0.3 is 4.42 Å². The minimum atomic E-state index is -0.0770. The third kappa shape index (κ3) is 3.28. The van der Waals surface area contributed by atoms with E-state index in [0.29, 0.717) is 39.9 Å². The summed E-state index contributed by atoms with van der Waals surface area (Å²) >= 11 is 1.45. The molecule has 132 valence electrons. The van der Waals surface area contributed by atoms with Crippen molar-refractivity contribution >= 4 is 22.7 Å². The average Bonchev–Trinajstić information content (AvgIpc) is 3.34. The number of aromatic amines is 1. The number of nitrogens with zero attached hydrogens (tertiary/aromatic N) is 4. The molecule has 1 aromatic carbocycles. The van der Waals surface area contributed by atoms with Crippen molar-refractivity contribution in [2.45, 2.75) is 30.8 Å². The van der Waals surface area contributed by atoms with E-state index in [9.17, 15) is 4.79 Å². The molecule has 0 saturated carbocycles. The fourth-order valence-corrected chi connectivity index (χ4v) is 3.44. The predicted octanol–water partition coefficient (Wildman–Crippen LogP) is 3.01. The maximum Gasteiger partial charge on any atom is 0.261 e. The summed E-state index contributed by atoms with van der Waals surface area (Å²) < 4.78 is 7.07. The van der Waals surface area contributed by atoms with Crippen LogP contribution in [0.15, 0.2) is 57.0 Å². The second-order valence-corrected chi connectivity index (χ2v) is 6.67. The van der Waals surface area contributed by atoms with Gasteiger partial charge in [-0.2, -0.15) is 0 Å². The van der Waals surface area contributed by atoms with Gasteiger partial charge in [-0.3, -0.25) is 14.5 Å². The van der Waals surface area contributed by atoms with Gasteiger partial charge in [-0.1, -0.05) is 30.8 Å². The molecule has 3 heterocycles. The molecule has 0 bridgehead atoms. The molecular formula is C18H17N5O2S. The first-order valence-corrected chi connectivity index (χ1v) is 9.28. The number of aromatic nitrogens is 5. The molecule has 0 radical (unpaired) electrons. The van der Waals surface area contributed by atoms with Gasteiger partial charge in [-0.15, -0.1) is 5.10 Å². The maximum atomic E-state index is 13.0. The topological polar surface area (TPSA) is 89.6 Å². The first kappa shape index (κ1) is 16.6. The van der Waals surface area contributed by atoms with Crippen molar-refractivity contribution in [1.82, 2.24) is 24.7 Å². The summed E-state index contributed by atoms with van der Waals surface area (Å²) in [5, 5.41) is 8.33. The highest BCUT2D eigenvalue weighted by molar-refractivity contribution is 7.98. The van der Waals surface area contributed by atoms with Gasteiger partial charge in [0.1, 0.15) is 17.4 Å². The zero-order chi connectivity index (χ0) is 17.9. The molecule has 4 aromatic rings. The summed E-state index contributed by atoms with van der Waals surface area (Å²) in [6.45, 7) is 2.36. The van der Waals surface area contributed by atoms with Crippen LogP contribution in [0.2, 0.25) is 0 Å². The van der Waals surface area contributed by atoms with Crippen molar-refractivity contribution in [2.75, 3.05) is 0 Å². The van der Waals surface area contributed by atoms with E-state index in [1.54, 1.807) is 16.9 Å². The molecule has 0 aliphatic carbocycles. The number of hydrogen-bond donors (Lipinski definition) is 1. The van der Waals surface area contributed by atoms with E-state index in [-0.39, 0.29) is 5.56 Å². The molecule has 26 heavy (non-hydrogen) atoms. The standard InChI is InChI=1S/C18H17N5O2S/c1-2-15-20-18(22-21-15)26-11-16-19-14-8-4-3-7-13(14)17(24)23(16)10-12-6-5-9-25-12/h3-9H,2,10-11H2,1H3,(H,20,21,22). The summed E-state index contributed by atoms with van der Waals surface area (Å²) in [4.78, 5) is 22.1. The Labute approximate surface area is 153 Å². The van der Waals surface area contributed by atoms with E-state index >= 15 is 0 Å². The number of nitrogens with one attached hydrogen (secondary N) is 1. The molecule has 0 aliphatic rings. The molecule has 0 saturated heterocycles. The van der Waals surface area contributed by atoms with Crippen LogP contribution in [0.5, 0.6) is 0 Å². The van der Waals surface area contributed by atoms with E-state index in [1.807, 2.05) is 37.3 Å². The molecule has 0 unspecified atom stereocenters. The number of thioether (sulfide) groups is 1. The van der Waals surface area contributed by atoms with E-state index in [2.05, 4.69) is 15.2 Å². The Balaban J connectivity index is 1.71. The second-order valence-electron chi connectivity index (χ2n) is 5.72. The lowest BCUT2D eigenvalue weighted by Crippen LogP contribution is -2.25. The van der Waals surface area contributed by atoms with Crippen molar-refractivity contribution in [3.8, 4) is 0 Å². The van der Waals surface area contributed by atoms with Crippen LogP contribution in [-0.4, -0.2) is 24.7 Å². The molecule has 7 nitrogen and oxygen atoms in total. The number of aryl methyl sites for hydroxylation is 1. The number of para-hydroxylation sites is 1. The number of H-pyrrole nitrogens is 1. The average molecular weight is 367 g/mol. The molecule has 0 aliphatic heterocycles. The Kier molecular flexibility index (Phi) is 4.57. The summed E-state index contributed by atoms with van der Waals surface area (Å²) in [6, 6.07) is 11.0. The second kappa shape index (κ2) is 7.17. The minimum Gasteiger partial charge on any atom is -0.467 e. The molecule has 0 atom stereocenters. The number of rotatable bonds is 6. The summed E-state index contributed by atoms with van der Waals surface area (Å²) in [6.07, 6.45) is 2.40. The van der Waals surface area contributed by atoms with E-state index in [0.717, 1.165) is 12.2 Å². The number of hydrogen-bond acceptors (Lipinski definition) is 6. The van der Waals surface area contributed by atoms with Gasteiger partial charge in [0.05, 0.1) is 29.5 Å². The Morgan fingerprint density at radius 2 is 2.08 bits per heavy atom. The molecule has 4 rings (SSSR count). The zero-order valence-corrected chi connectivity index (χ0v) is 15.0. The Hall–Kier alpha value is -2.87. The number of fused-ring (bicyclic) bond motifs is 1. The van der Waals surface area contributed by atoms with Crippen molar-refractivity contribution in [3.63, 3.8) is 0 Å². The summed E-state index contributed by atoms with van der Waals surface area (Å²) in [5.74, 6) is 2.70. The first-order chi connectivity index (χ1) is 12.7. The van der Waals surface area contributed by atoms with Crippen LogP contribution < -0.4 is 5.56 Å². The van der Waals surface area contributed by atoms with E-state index < -0.39 is 0 Å². The van der Waals surface area contributed by atoms with Crippen LogP contribution >= 0.6 is 11.8 Å². The van der Waals surface area contributed by atoms with Gasteiger partial charge in [0.15, 0.2) is 0 Å². The molecule has 0 amide bonds. The SMILES string of the molecule is CCc1nc(SCc2nc3ccccc3c(=O)n2Cc2ccco2)n[nH]1. The Bertz CT molecular complexity index is 1080. The lowest BCUT2D eigenvalue weighted by Gasteiger charge is -2.11. The quantitative estimate of drug-likeness (QED) is 0.527. The third-order valence-electron chi connectivity index (χ3n) is 4.01. The predicted molar refractivity (Wildman–Crippen MR) is 99.1 cm³/mol. The van der Waals surface area contributed by atoms with Crippen molar-refractivity contribution in [3.05, 3.63) is 70.4 Å². The fraction of sp³-hybridized carbons (Fsp3) is 0.222. The van der Waals surface area contributed by atoms with Gasteiger partial charge >= 0.3 is 0 Å². The van der Waals surface area contributed by atoms with Crippen molar-refractivity contribution < 1.29 is 4.42 Å². The molecule has 8 heteroatoms. The van der Waals surface area contributed by atoms with Crippen LogP contribution in [0, 0.1) is 0 Å². The van der Waals surface area contributed by atoms with Gasteiger partial charge in [0.2, 0.25) is 5.16 Å². The van der Waals surface area contributed by atoms with Crippen molar-refractivity contribution in [1.29, 1.82) is 0 Å². The Morgan fingerprint density at radius 1 is 1.19 bits per heavy atom. The molecule has 0 fully saturated rings. The first-order valence-electron chi connectivity index (χ1n) is 8.29. The largest absolute Gasteiger partial charge is 0.467 e. The van der Waals surface area contributed by atoms with Crippen LogP contribution in [0.1, 0.15) is 24.3 Å². The van der Waals surface area contributed by atoms with E-state index in [1.165, 1.54) is 11.8 Å². The normalized spacial score (nSPS) is 11.3. The highest BCUT2D eigenvalue weighted by Gasteiger charge is 2.14. The number of furan rings is 1. The van der Waals surface area contributed by atoms with Gasteiger partial charge in [0.25, 0.3) is 5.56 Å². The highest BCUT2D eigenvalue weighted by Crippen LogP contribution is 2.20. The summed E-state index contributed by atoms with van der Waals surface area (Å²) in [7, 11) is 0. The summed E-state index contributed by atoms with van der Waals surface area (Å²) in [5.41, 5.74) is 0.611. The Morgan fingerprint density at radius 3 is 2.85 bits per heavy atom. The molecule has 0 spiro atoms. The number of benzene rings is 1. The lowest BCUT2D eigenvalue weighted by molar-refractivity contribution is 0.485. The molecule has 3 aromatic heterocycles. The smallest absolute Gasteiger partial charge is 0.261 e. The lowest BCUT2D eigenvalue weighted by atomic mass is 10.2. The van der Waals surface area contributed by atoms with Crippen molar-refractivity contribution in [2.24, 2.45) is 0 Å². The van der Waals surface area contributed by atoms with Gasteiger partial charge in [-0.25, -0.2) is 9.97 Å². The fourth-order valence-electron chi connectivity index (χ4n) is 2.68.